The van der Waals surface area contributed by atoms with Crippen molar-refractivity contribution in [3.63, 3.8) is 0 Å². The zero-order valence-electron chi connectivity index (χ0n) is 10.8. The van der Waals surface area contributed by atoms with Crippen LogP contribution in [0.2, 0.25) is 5.02 Å². The molecule has 0 spiro atoms. The predicted octanol–water partition coefficient (Wildman–Crippen LogP) is 3.58. The van der Waals surface area contributed by atoms with E-state index in [1.54, 1.807) is 6.07 Å². The molecule has 0 bridgehead atoms. The fourth-order valence-corrected chi connectivity index (χ4v) is 2.25. The highest BCUT2D eigenvalue weighted by molar-refractivity contribution is 6.32. The fraction of sp³-hybridized carbons (Fsp3) is 0.571. The van der Waals surface area contributed by atoms with Gasteiger partial charge in [-0.05, 0) is 23.6 Å². The standard InChI is InChI=1S/C14H19ClO3/c1-3-9(2)13(16)10-7-11(15)14-12(8-10)17-5-4-6-18-14/h7-9,13,16H,3-6H2,1-2H3. The third kappa shape index (κ3) is 2.73. The van der Waals surface area contributed by atoms with Crippen molar-refractivity contribution in [1.82, 2.24) is 0 Å². The van der Waals surface area contributed by atoms with Crippen LogP contribution in [-0.4, -0.2) is 18.3 Å². The summed E-state index contributed by atoms with van der Waals surface area (Å²) in [6, 6.07) is 3.61. The Morgan fingerprint density at radius 3 is 2.78 bits per heavy atom. The van der Waals surface area contributed by atoms with E-state index in [9.17, 15) is 5.11 Å². The van der Waals surface area contributed by atoms with Crippen LogP contribution in [0.4, 0.5) is 0 Å². The molecule has 1 heterocycles. The molecule has 2 atom stereocenters. The molecule has 0 fully saturated rings. The molecule has 3 nitrogen and oxygen atoms in total. The molecule has 0 radical (unpaired) electrons. The molecule has 0 aliphatic carbocycles. The first kappa shape index (κ1) is 13.5. The largest absolute Gasteiger partial charge is 0.489 e. The number of hydrogen-bond acceptors (Lipinski definition) is 3. The van der Waals surface area contributed by atoms with Gasteiger partial charge in [-0.2, -0.15) is 0 Å². The Hall–Kier alpha value is -0.930. The molecule has 1 N–H and O–H groups in total. The van der Waals surface area contributed by atoms with Gasteiger partial charge in [0.2, 0.25) is 0 Å². The van der Waals surface area contributed by atoms with Crippen LogP contribution in [-0.2, 0) is 0 Å². The van der Waals surface area contributed by atoms with E-state index in [-0.39, 0.29) is 5.92 Å². The van der Waals surface area contributed by atoms with Crippen LogP contribution < -0.4 is 9.47 Å². The molecule has 1 aliphatic rings. The summed E-state index contributed by atoms with van der Waals surface area (Å²) in [5, 5.41) is 10.7. The molecule has 100 valence electrons. The van der Waals surface area contributed by atoms with Gasteiger partial charge in [-0.3, -0.25) is 0 Å². The lowest BCUT2D eigenvalue weighted by atomic mass is 9.95. The summed E-state index contributed by atoms with van der Waals surface area (Å²) in [5.74, 6) is 1.41. The Morgan fingerprint density at radius 1 is 1.33 bits per heavy atom. The number of halogens is 1. The molecular weight excluding hydrogens is 252 g/mol. The SMILES string of the molecule is CCC(C)C(O)c1cc(Cl)c2c(c1)OCCCO2. The van der Waals surface area contributed by atoms with Gasteiger partial charge in [0, 0.05) is 6.42 Å². The summed E-state index contributed by atoms with van der Waals surface area (Å²) >= 11 is 6.20. The lowest BCUT2D eigenvalue weighted by Gasteiger charge is -2.19. The maximum Gasteiger partial charge on any atom is 0.179 e. The Kier molecular flexibility index (Phi) is 4.36. The fourth-order valence-electron chi connectivity index (χ4n) is 1.97. The van der Waals surface area contributed by atoms with E-state index in [2.05, 4.69) is 6.92 Å². The third-order valence-corrected chi connectivity index (χ3v) is 3.63. The minimum atomic E-state index is -0.523. The van der Waals surface area contributed by atoms with Crippen molar-refractivity contribution in [2.75, 3.05) is 13.2 Å². The van der Waals surface area contributed by atoms with E-state index in [0.717, 1.165) is 18.4 Å². The van der Waals surface area contributed by atoms with E-state index in [1.165, 1.54) is 0 Å². The average molecular weight is 271 g/mol. The lowest BCUT2D eigenvalue weighted by Crippen LogP contribution is -2.08. The summed E-state index contributed by atoms with van der Waals surface area (Å²) in [6.07, 6.45) is 1.23. The van der Waals surface area contributed by atoms with Gasteiger partial charge in [0.1, 0.15) is 0 Å². The monoisotopic (exact) mass is 270 g/mol. The van der Waals surface area contributed by atoms with E-state index in [1.807, 2.05) is 13.0 Å². The molecule has 1 aromatic carbocycles. The molecule has 0 saturated heterocycles. The number of aliphatic hydroxyl groups is 1. The Labute approximate surface area is 113 Å². The van der Waals surface area contributed by atoms with Crippen LogP contribution in [0.15, 0.2) is 12.1 Å². The van der Waals surface area contributed by atoms with E-state index in [4.69, 9.17) is 21.1 Å². The number of aliphatic hydroxyl groups excluding tert-OH is 1. The summed E-state index contributed by atoms with van der Waals surface area (Å²) in [6.45, 7) is 5.30. The second-order valence-electron chi connectivity index (χ2n) is 4.71. The predicted molar refractivity (Wildman–Crippen MR) is 71.5 cm³/mol. The van der Waals surface area contributed by atoms with Crippen molar-refractivity contribution < 1.29 is 14.6 Å². The molecular formula is C14H19ClO3. The van der Waals surface area contributed by atoms with Gasteiger partial charge >= 0.3 is 0 Å². The van der Waals surface area contributed by atoms with Crippen molar-refractivity contribution >= 4 is 11.6 Å². The van der Waals surface area contributed by atoms with Crippen LogP contribution in [0.25, 0.3) is 0 Å². The number of rotatable bonds is 3. The summed E-state index contributed by atoms with van der Waals surface area (Å²) in [7, 11) is 0. The van der Waals surface area contributed by atoms with Crippen LogP contribution in [0.1, 0.15) is 38.4 Å². The highest BCUT2D eigenvalue weighted by Crippen LogP contribution is 2.40. The normalized spacial score (nSPS) is 18.0. The van der Waals surface area contributed by atoms with E-state index >= 15 is 0 Å². The maximum atomic E-state index is 10.2. The number of ether oxygens (including phenoxy) is 2. The minimum absolute atomic E-state index is 0.186. The first-order valence-electron chi connectivity index (χ1n) is 6.40. The first-order valence-corrected chi connectivity index (χ1v) is 6.78. The van der Waals surface area contributed by atoms with Crippen LogP contribution >= 0.6 is 11.6 Å². The van der Waals surface area contributed by atoms with E-state index in [0.29, 0.717) is 29.7 Å². The van der Waals surface area contributed by atoms with Gasteiger partial charge in [0.25, 0.3) is 0 Å². The average Bonchev–Trinajstić information content (AvgIpc) is 2.62. The summed E-state index contributed by atoms with van der Waals surface area (Å²) < 4.78 is 11.2. The second-order valence-corrected chi connectivity index (χ2v) is 5.12. The van der Waals surface area contributed by atoms with Crippen LogP contribution in [0, 0.1) is 5.92 Å². The van der Waals surface area contributed by atoms with Gasteiger partial charge in [0.15, 0.2) is 11.5 Å². The summed E-state index contributed by atoms with van der Waals surface area (Å²) in [5.41, 5.74) is 0.790. The van der Waals surface area contributed by atoms with Crippen molar-refractivity contribution in [2.45, 2.75) is 32.8 Å². The van der Waals surface area contributed by atoms with Gasteiger partial charge in [-0.15, -0.1) is 0 Å². The van der Waals surface area contributed by atoms with Crippen molar-refractivity contribution in [3.8, 4) is 11.5 Å². The molecule has 0 aromatic heterocycles. The summed E-state index contributed by atoms with van der Waals surface area (Å²) in [4.78, 5) is 0. The lowest BCUT2D eigenvalue weighted by molar-refractivity contribution is 0.115. The van der Waals surface area contributed by atoms with Crippen LogP contribution in [0.5, 0.6) is 11.5 Å². The van der Waals surface area contributed by atoms with Crippen molar-refractivity contribution in [3.05, 3.63) is 22.7 Å². The quantitative estimate of drug-likeness (QED) is 0.912. The van der Waals surface area contributed by atoms with Crippen LogP contribution in [0.3, 0.4) is 0 Å². The number of fused-ring (bicyclic) bond motifs is 1. The van der Waals surface area contributed by atoms with Crippen molar-refractivity contribution in [2.24, 2.45) is 5.92 Å². The van der Waals surface area contributed by atoms with Gasteiger partial charge in [0.05, 0.1) is 24.3 Å². The Balaban J connectivity index is 2.34. The number of hydrogen-bond donors (Lipinski definition) is 1. The Bertz CT molecular complexity index is 420. The van der Waals surface area contributed by atoms with Gasteiger partial charge in [-0.25, -0.2) is 0 Å². The van der Waals surface area contributed by atoms with Gasteiger partial charge < -0.3 is 14.6 Å². The van der Waals surface area contributed by atoms with Gasteiger partial charge in [-0.1, -0.05) is 31.9 Å². The molecule has 2 unspecified atom stereocenters. The molecule has 4 heteroatoms. The smallest absolute Gasteiger partial charge is 0.179 e. The number of benzene rings is 1. The highest BCUT2D eigenvalue weighted by Gasteiger charge is 2.21. The maximum absolute atomic E-state index is 10.2. The molecule has 1 aromatic rings. The molecule has 1 aliphatic heterocycles. The van der Waals surface area contributed by atoms with Crippen molar-refractivity contribution in [1.29, 1.82) is 0 Å². The molecule has 0 amide bonds. The molecule has 2 rings (SSSR count). The second kappa shape index (κ2) is 5.81. The molecule has 0 saturated carbocycles. The highest BCUT2D eigenvalue weighted by atomic mass is 35.5. The first-order chi connectivity index (χ1) is 8.63. The third-order valence-electron chi connectivity index (χ3n) is 3.35. The van der Waals surface area contributed by atoms with E-state index < -0.39 is 6.10 Å². The zero-order chi connectivity index (χ0) is 13.1. The Morgan fingerprint density at radius 2 is 2.06 bits per heavy atom. The minimum Gasteiger partial charge on any atom is -0.489 e. The molecule has 18 heavy (non-hydrogen) atoms. The zero-order valence-corrected chi connectivity index (χ0v) is 11.5. The topological polar surface area (TPSA) is 38.7 Å².